The van der Waals surface area contributed by atoms with Crippen LogP contribution in [0.25, 0.3) is 0 Å². The molecule has 0 nitrogen and oxygen atoms in total. The third kappa shape index (κ3) is 4.26. The molecule has 0 spiro atoms. The number of allylic oxidation sites excluding steroid dienone is 4. The van der Waals surface area contributed by atoms with Crippen molar-refractivity contribution in [2.75, 3.05) is 0 Å². The minimum absolute atomic E-state index is 0.210. The van der Waals surface area contributed by atoms with E-state index in [0.717, 1.165) is 25.7 Å². The van der Waals surface area contributed by atoms with Crippen LogP contribution in [-0.2, 0) is 17.3 Å². The predicted octanol–water partition coefficient (Wildman–Crippen LogP) is 4.55. The third-order valence-electron chi connectivity index (χ3n) is 3.52. The molecule has 0 heterocycles. The summed E-state index contributed by atoms with van der Waals surface area (Å²) in [5.74, 6) is -0.420. The van der Waals surface area contributed by atoms with Crippen LogP contribution < -0.4 is 7.91 Å². The van der Waals surface area contributed by atoms with Gasteiger partial charge in [-0.05, 0) is 0 Å². The Hall–Kier alpha value is -1.53. The number of hydrogen-bond acceptors (Lipinski definition) is 0. The van der Waals surface area contributed by atoms with Crippen molar-refractivity contribution < 1.29 is 26.1 Å². The Bertz CT molecular complexity index is 654. The maximum atomic E-state index is 13.3. The fraction of sp³-hybridized carbons (Fsp3) is 0.200. The molecule has 2 aromatic carbocycles. The normalized spacial score (nSPS) is 15.6. The van der Waals surface area contributed by atoms with Gasteiger partial charge >= 0.3 is 142 Å². The van der Waals surface area contributed by atoms with E-state index < -0.39 is 17.3 Å². The SMILES string of the molecule is Fc1cc[c]([Pt]([C]2=CCCC=CCC2)[c]2ccc(F)cc2)cc1. The summed E-state index contributed by atoms with van der Waals surface area (Å²) in [6.07, 6.45) is 11.0. The van der Waals surface area contributed by atoms with E-state index in [0.29, 0.717) is 0 Å². The van der Waals surface area contributed by atoms with Crippen molar-refractivity contribution in [3.63, 3.8) is 0 Å². The molecular formula is C20H19F2Pt. The zero-order valence-corrected chi connectivity index (χ0v) is 15.0. The minimum atomic E-state index is -1.85. The first-order chi connectivity index (χ1) is 11.2. The molecule has 0 saturated carbocycles. The molecule has 0 radical (unpaired) electrons. The van der Waals surface area contributed by atoms with Crippen molar-refractivity contribution in [1.82, 2.24) is 0 Å². The van der Waals surface area contributed by atoms with Gasteiger partial charge in [0.25, 0.3) is 0 Å². The topological polar surface area (TPSA) is 0 Å². The molecular weight excluding hydrogens is 473 g/mol. The summed E-state index contributed by atoms with van der Waals surface area (Å²) >= 11 is -1.85. The van der Waals surface area contributed by atoms with Crippen LogP contribution in [0.15, 0.2) is 70.7 Å². The fourth-order valence-corrected chi connectivity index (χ4v) is 8.81. The summed E-state index contributed by atoms with van der Waals surface area (Å²) < 4.78 is 30.5. The summed E-state index contributed by atoms with van der Waals surface area (Å²) in [5, 5.41) is 0. The number of halogens is 2. The first-order valence-corrected chi connectivity index (χ1v) is 11.1. The van der Waals surface area contributed by atoms with Crippen LogP contribution in [0, 0.1) is 11.6 Å². The number of rotatable bonds is 3. The Morgan fingerprint density at radius 3 is 1.74 bits per heavy atom. The molecule has 0 aliphatic heterocycles. The second kappa shape index (κ2) is 7.83. The molecule has 0 atom stereocenters. The van der Waals surface area contributed by atoms with Gasteiger partial charge in [0.1, 0.15) is 0 Å². The van der Waals surface area contributed by atoms with Gasteiger partial charge in [0.05, 0.1) is 0 Å². The van der Waals surface area contributed by atoms with Crippen LogP contribution in [0.3, 0.4) is 0 Å². The quantitative estimate of drug-likeness (QED) is 0.552. The van der Waals surface area contributed by atoms with Crippen LogP contribution in [0.2, 0.25) is 0 Å². The summed E-state index contributed by atoms with van der Waals surface area (Å²) in [6, 6.07) is 13.7. The zero-order valence-electron chi connectivity index (χ0n) is 12.8. The van der Waals surface area contributed by atoms with E-state index >= 15 is 0 Å². The Morgan fingerprint density at radius 2 is 1.17 bits per heavy atom. The maximum absolute atomic E-state index is 13.3. The Balaban J connectivity index is 2.01. The first-order valence-electron chi connectivity index (χ1n) is 7.70. The van der Waals surface area contributed by atoms with Crippen molar-refractivity contribution >= 4 is 7.91 Å². The van der Waals surface area contributed by atoms with E-state index in [1.807, 2.05) is 24.3 Å². The van der Waals surface area contributed by atoms with E-state index in [1.165, 1.54) is 36.1 Å². The molecule has 23 heavy (non-hydrogen) atoms. The van der Waals surface area contributed by atoms with Gasteiger partial charge in [0.2, 0.25) is 0 Å². The molecule has 2 aromatic rings. The Kier molecular flexibility index (Phi) is 5.56. The second-order valence-electron chi connectivity index (χ2n) is 5.24. The molecule has 1 aliphatic carbocycles. The van der Waals surface area contributed by atoms with Crippen molar-refractivity contribution in [1.29, 1.82) is 0 Å². The number of benzene rings is 2. The number of hydrogen-bond donors (Lipinski definition) is 0. The standard InChI is InChI=1S/C8H11.2C6H4F.Pt/c1-2-4-6-8-7-5-3-1;2*7-6-4-2-1-3-5-6;/h1-2,7H,3-6H2;2*2-5H;. The summed E-state index contributed by atoms with van der Waals surface area (Å²) in [6.45, 7) is 0. The van der Waals surface area contributed by atoms with Gasteiger partial charge in [-0.1, -0.05) is 0 Å². The molecule has 0 amide bonds. The van der Waals surface area contributed by atoms with Gasteiger partial charge in [-0.3, -0.25) is 0 Å². The van der Waals surface area contributed by atoms with Crippen molar-refractivity contribution in [2.45, 2.75) is 25.7 Å². The molecule has 3 rings (SSSR count). The van der Waals surface area contributed by atoms with Crippen molar-refractivity contribution in [3.05, 3.63) is 82.4 Å². The van der Waals surface area contributed by atoms with Crippen LogP contribution in [-0.4, -0.2) is 0 Å². The predicted molar refractivity (Wildman–Crippen MR) is 87.8 cm³/mol. The second-order valence-corrected chi connectivity index (χ2v) is 11.0. The fourth-order valence-electron chi connectivity index (χ4n) is 2.41. The molecule has 0 unspecified atom stereocenters. The monoisotopic (exact) mass is 492 g/mol. The van der Waals surface area contributed by atoms with Crippen LogP contribution >= 0.6 is 0 Å². The average molecular weight is 492 g/mol. The Morgan fingerprint density at radius 1 is 0.652 bits per heavy atom. The zero-order chi connectivity index (χ0) is 16.1. The van der Waals surface area contributed by atoms with E-state index in [9.17, 15) is 8.78 Å². The van der Waals surface area contributed by atoms with E-state index in [4.69, 9.17) is 0 Å². The van der Waals surface area contributed by atoms with Gasteiger partial charge in [0.15, 0.2) is 0 Å². The van der Waals surface area contributed by atoms with E-state index in [2.05, 4.69) is 18.2 Å². The Labute approximate surface area is 142 Å². The van der Waals surface area contributed by atoms with Crippen LogP contribution in [0.5, 0.6) is 0 Å². The molecule has 3 heteroatoms. The molecule has 0 aromatic heterocycles. The summed E-state index contributed by atoms with van der Waals surface area (Å²) in [5.41, 5.74) is 0. The summed E-state index contributed by atoms with van der Waals surface area (Å²) in [4.78, 5) is 0. The molecule has 0 fully saturated rings. The molecule has 0 saturated heterocycles. The van der Waals surface area contributed by atoms with Gasteiger partial charge in [-0.15, -0.1) is 0 Å². The van der Waals surface area contributed by atoms with Gasteiger partial charge in [-0.25, -0.2) is 0 Å². The first kappa shape index (κ1) is 16.3. The third-order valence-corrected chi connectivity index (χ3v) is 10.2. The van der Waals surface area contributed by atoms with Crippen molar-refractivity contribution in [3.8, 4) is 0 Å². The molecule has 123 valence electrons. The van der Waals surface area contributed by atoms with E-state index in [-0.39, 0.29) is 11.6 Å². The molecule has 1 aliphatic rings. The van der Waals surface area contributed by atoms with Crippen LogP contribution in [0.4, 0.5) is 8.78 Å². The van der Waals surface area contributed by atoms with Gasteiger partial charge in [0, 0.05) is 0 Å². The average Bonchev–Trinajstić information content (AvgIpc) is 2.53. The summed E-state index contributed by atoms with van der Waals surface area (Å²) in [7, 11) is 0. The van der Waals surface area contributed by atoms with Crippen molar-refractivity contribution in [2.24, 2.45) is 0 Å². The van der Waals surface area contributed by atoms with Crippen LogP contribution in [0.1, 0.15) is 25.7 Å². The van der Waals surface area contributed by atoms with E-state index in [1.54, 1.807) is 0 Å². The van der Waals surface area contributed by atoms with Gasteiger partial charge < -0.3 is 0 Å². The van der Waals surface area contributed by atoms with Gasteiger partial charge in [-0.2, -0.15) is 0 Å². The molecule has 0 N–H and O–H groups in total. The molecule has 0 bridgehead atoms.